The average Bonchev–Trinajstić information content (AvgIpc) is 3.51. The first-order chi connectivity index (χ1) is 14.6. The zero-order chi connectivity index (χ0) is 20.7. The van der Waals surface area contributed by atoms with Crippen molar-refractivity contribution in [3.63, 3.8) is 0 Å². The van der Waals surface area contributed by atoms with Crippen molar-refractivity contribution in [2.45, 2.75) is 36.4 Å². The Morgan fingerprint density at radius 1 is 1.27 bits per heavy atom. The molecule has 2 aromatic carbocycles. The van der Waals surface area contributed by atoms with Crippen LogP contribution in [0.1, 0.15) is 30.0 Å². The van der Waals surface area contributed by atoms with Gasteiger partial charge in [0.1, 0.15) is 11.6 Å². The Morgan fingerprint density at radius 2 is 2.10 bits per heavy atom. The maximum Gasteiger partial charge on any atom is 0.270 e. The van der Waals surface area contributed by atoms with Crippen LogP contribution in [-0.4, -0.2) is 26.5 Å². The first kappa shape index (κ1) is 19.0. The third-order valence-corrected chi connectivity index (χ3v) is 6.02. The van der Waals surface area contributed by atoms with E-state index in [1.54, 1.807) is 18.2 Å². The van der Waals surface area contributed by atoms with Crippen LogP contribution in [0.25, 0.3) is 11.4 Å². The van der Waals surface area contributed by atoms with E-state index in [1.807, 2.05) is 4.57 Å². The Kier molecular flexibility index (Phi) is 4.87. The van der Waals surface area contributed by atoms with Gasteiger partial charge in [-0.25, -0.2) is 4.39 Å². The molecule has 3 aromatic rings. The lowest BCUT2D eigenvalue weighted by molar-refractivity contribution is -0.385. The van der Waals surface area contributed by atoms with E-state index >= 15 is 0 Å². The molecule has 1 aliphatic heterocycles. The summed E-state index contributed by atoms with van der Waals surface area (Å²) in [5.74, 6) is 1.19. The van der Waals surface area contributed by atoms with Gasteiger partial charge in [0.25, 0.3) is 5.69 Å². The Labute approximate surface area is 175 Å². The van der Waals surface area contributed by atoms with Gasteiger partial charge in [0.2, 0.25) is 0 Å². The predicted molar refractivity (Wildman–Crippen MR) is 107 cm³/mol. The highest BCUT2D eigenvalue weighted by molar-refractivity contribution is 7.98. The number of hydrogen-bond donors (Lipinski definition) is 0. The van der Waals surface area contributed by atoms with Gasteiger partial charge in [0.05, 0.1) is 17.1 Å². The van der Waals surface area contributed by atoms with E-state index in [0.29, 0.717) is 39.2 Å². The van der Waals surface area contributed by atoms with Crippen LogP contribution in [0.2, 0.25) is 0 Å². The Morgan fingerprint density at radius 3 is 2.87 bits per heavy atom. The number of nitro groups is 1. The number of hydrogen-bond acceptors (Lipinski definition) is 7. The summed E-state index contributed by atoms with van der Waals surface area (Å²) < 4.78 is 27.2. The fraction of sp³-hybridized carbons (Fsp3) is 0.300. The number of ether oxygens (including phenoxy) is 2. The number of nitro benzene ring substituents is 1. The lowest BCUT2D eigenvalue weighted by Gasteiger charge is -2.20. The highest BCUT2D eigenvalue weighted by Gasteiger charge is 2.31. The van der Waals surface area contributed by atoms with Gasteiger partial charge in [0.15, 0.2) is 17.8 Å². The highest BCUT2D eigenvalue weighted by atomic mass is 32.2. The zero-order valence-electron chi connectivity index (χ0n) is 15.8. The van der Waals surface area contributed by atoms with Crippen molar-refractivity contribution in [3.8, 4) is 17.1 Å². The predicted octanol–water partition coefficient (Wildman–Crippen LogP) is 4.49. The van der Waals surface area contributed by atoms with E-state index in [0.717, 1.165) is 12.8 Å². The number of thioether (sulfide) groups is 1. The fourth-order valence-corrected chi connectivity index (χ4v) is 4.47. The molecule has 0 saturated heterocycles. The third-order valence-electron chi connectivity index (χ3n) is 5.03. The molecule has 1 aliphatic carbocycles. The molecule has 10 heteroatoms. The molecule has 2 aliphatic rings. The smallest absolute Gasteiger partial charge is 0.270 e. The lowest BCUT2D eigenvalue weighted by Crippen LogP contribution is -2.13. The Hall–Kier alpha value is -2.98. The van der Waals surface area contributed by atoms with Crippen molar-refractivity contribution in [2.75, 3.05) is 6.79 Å². The summed E-state index contributed by atoms with van der Waals surface area (Å²) in [6.07, 6.45) is 1.97. The molecule has 2 heterocycles. The molecule has 0 N–H and O–H groups in total. The van der Waals surface area contributed by atoms with Gasteiger partial charge in [-0.2, -0.15) is 0 Å². The van der Waals surface area contributed by atoms with Crippen LogP contribution in [0.4, 0.5) is 10.1 Å². The van der Waals surface area contributed by atoms with Crippen LogP contribution in [-0.2, 0) is 17.1 Å². The first-order valence-corrected chi connectivity index (χ1v) is 10.4. The maximum atomic E-state index is 14.3. The SMILES string of the molecule is O=[N+]([O-])c1cc2c(c(CSc3nnc(-c4ccccc4F)n3C3CC3)c1)OCOC2. The molecule has 0 radical (unpaired) electrons. The van der Waals surface area contributed by atoms with Crippen LogP contribution in [0.5, 0.6) is 5.75 Å². The molecule has 5 rings (SSSR count). The molecule has 1 saturated carbocycles. The van der Waals surface area contributed by atoms with E-state index in [-0.39, 0.29) is 30.9 Å². The molecular formula is C20H17FN4O4S. The van der Waals surface area contributed by atoms with Crippen LogP contribution in [0.15, 0.2) is 41.6 Å². The molecule has 8 nitrogen and oxygen atoms in total. The maximum absolute atomic E-state index is 14.3. The standard InChI is InChI=1S/C20H17FN4O4S/c21-17-4-2-1-3-16(17)19-22-23-20(24(19)14-5-6-14)30-10-13-8-15(25(26)27)7-12-9-28-11-29-18(12)13/h1-4,7-8,14H,5-6,9-11H2. The molecule has 1 fully saturated rings. The minimum absolute atomic E-state index is 0.00541. The minimum atomic E-state index is -0.425. The second-order valence-electron chi connectivity index (χ2n) is 7.14. The van der Waals surface area contributed by atoms with Crippen molar-refractivity contribution >= 4 is 17.4 Å². The van der Waals surface area contributed by atoms with Crippen molar-refractivity contribution in [1.29, 1.82) is 0 Å². The summed E-state index contributed by atoms with van der Waals surface area (Å²) in [4.78, 5) is 10.9. The third kappa shape index (κ3) is 3.52. The topological polar surface area (TPSA) is 92.3 Å². The average molecular weight is 428 g/mol. The first-order valence-electron chi connectivity index (χ1n) is 9.45. The molecular weight excluding hydrogens is 411 g/mol. The van der Waals surface area contributed by atoms with Crippen molar-refractivity contribution < 1.29 is 18.8 Å². The largest absolute Gasteiger partial charge is 0.467 e. The number of nitrogens with zero attached hydrogens (tertiary/aromatic N) is 4. The van der Waals surface area contributed by atoms with Crippen molar-refractivity contribution in [1.82, 2.24) is 14.8 Å². The summed E-state index contributed by atoms with van der Waals surface area (Å²) in [7, 11) is 0. The quantitative estimate of drug-likeness (QED) is 0.325. The summed E-state index contributed by atoms with van der Waals surface area (Å²) in [6, 6.07) is 9.74. The van der Waals surface area contributed by atoms with E-state index in [1.165, 1.54) is 30.0 Å². The van der Waals surface area contributed by atoms with E-state index in [9.17, 15) is 14.5 Å². The van der Waals surface area contributed by atoms with Gasteiger partial charge in [-0.15, -0.1) is 10.2 Å². The van der Waals surface area contributed by atoms with Crippen molar-refractivity contribution in [3.05, 3.63) is 63.5 Å². The summed E-state index contributed by atoms with van der Waals surface area (Å²) >= 11 is 1.41. The number of non-ortho nitro benzene ring substituents is 1. The van der Waals surface area contributed by atoms with E-state index in [2.05, 4.69) is 10.2 Å². The van der Waals surface area contributed by atoms with Gasteiger partial charge >= 0.3 is 0 Å². The van der Waals surface area contributed by atoms with Gasteiger partial charge < -0.3 is 9.47 Å². The molecule has 154 valence electrons. The molecule has 30 heavy (non-hydrogen) atoms. The summed E-state index contributed by atoms with van der Waals surface area (Å²) in [5, 5.41) is 20.5. The number of benzene rings is 2. The number of fused-ring (bicyclic) bond motifs is 1. The molecule has 0 atom stereocenters. The van der Waals surface area contributed by atoms with Gasteiger partial charge in [0, 0.05) is 35.1 Å². The number of aromatic nitrogens is 3. The summed E-state index contributed by atoms with van der Waals surface area (Å²) in [6.45, 7) is 0.378. The van der Waals surface area contributed by atoms with Gasteiger partial charge in [-0.1, -0.05) is 23.9 Å². The van der Waals surface area contributed by atoms with E-state index in [4.69, 9.17) is 9.47 Å². The molecule has 0 bridgehead atoms. The normalized spacial score (nSPS) is 15.5. The second kappa shape index (κ2) is 7.69. The Bertz CT molecular complexity index is 1130. The van der Waals surface area contributed by atoms with Gasteiger partial charge in [-0.05, 0) is 25.0 Å². The minimum Gasteiger partial charge on any atom is -0.467 e. The zero-order valence-corrected chi connectivity index (χ0v) is 16.6. The van der Waals surface area contributed by atoms with Crippen LogP contribution in [0, 0.1) is 15.9 Å². The van der Waals surface area contributed by atoms with E-state index < -0.39 is 4.92 Å². The van der Waals surface area contributed by atoms with Gasteiger partial charge in [-0.3, -0.25) is 14.7 Å². The number of rotatable bonds is 6. The second-order valence-corrected chi connectivity index (χ2v) is 8.08. The van der Waals surface area contributed by atoms with Crippen molar-refractivity contribution in [2.24, 2.45) is 0 Å². The molecule has 0 unspecified atom stereocenters. The summed E-state index contributed by atoms with van der Waals surface area (Å²) in [5.41, 5.74) is 1.76. The Balaban J connectivity index is 1.47. The fourth-order valence-electron chi connectivity index (χ4n) is 3.50. The highest BCUT2D eigenvalue weighted by Crippen LogP contribution is 2.43. The van der Waals surface area contributed by atoms with Crippen LogP contribution in [0.3, 0.4) is 0 Å². The molecule has 0 amide bonds. The molecule has 1 aromatic heterocycles. The van der Waals surface area contributed by atoms with Crippen LogP contribution >= 0.6 is 11.8 Å². The lowest BCUT2D eigenvalue weighted by atomic mass is 10.1. The number of halogens is 1. The van der Waals surface area contributed by atoms with Crippen LogP contribution < -0.4 is 4.74 Å². The molecule has 0 spiro atoms. The monoisotopic (exact) mass is 428 g/mol.